The lowest BCUT2D eigenvalue weighted by Gasteiger charge is -2.37. The Kier molecular flexibility index (Phi) is 4.17. The molecule has 1 fully saturated rings. The molecular weight excluding hydrogens is 269 g/mol. The van der Waals surface area contributed by atoms with Crippen molar-refractivity contribution in [1.82, 2.24) is 14.9 Å². The summed E-state index contributed by atoms with van der Waals surface area (Å²) in [6.07, 6.45) is -4.43. The highest BCUT2D eigenvalue weighted by molar-refractivity contribution is 5.41. The fourth-order valence-corrected chi connectivity index (χ4v) is 2.33. The van der Waals surface area contributed by atoms with E-state index in [9.17, 15) is 13.2 Å². The highest BCUT2D eigenvalue weighted by atomic mass is 19.4. The van der Waals surface area contributed by atoms with Gasteiger partial charge in [0.05, 0.1) is 0 Å². The van der Waals surface area contributed by atoms with Crippen molar-refractivity contribution in [2.75, 3.05) is 31.1 Å². The predicted octanol–water partition coefficient (Wildman–Crippen LogP) is 2.33. The molecule has 0 radical (unpaired) electrons. The van der Waals surface area contributed by atoms with Crippen LogP contribution >= 0.6 is 0 Å². The fraction of sp³-hybridized carbons (Fsp3) is 0.692. The van der Waals surface area contributed by atoms with E-state index in [1.54, 1.807) is 0 Å². The van der Waals surface area contributed by atoms with Crippen molar-refractivity contribution in [1.29, 1.82) is 0 Å². The van der Waals surface area contributed by atoms with Gasteiger partial charge in [0.25, 0.3) is 0 Å². The Labute approximate surface area is 116 Å². The van der Waals surface area contributed by atoms with E-state index >= 15 is 0 Å². The van der Waals surface area contributed by atoms with Crippen molar-refractivity contribution in [3.63, 3.8) is 0 Å². The second-order valence-corrected chi connectivity index (χ2v) is 5.27. The van der Waals surface area contributed by atoms with Crippen molar-refractivity contribution >= 4 is 5.82 Å². The van der Waals surface area contributed by atoms with E-state index in [0.29, 0.717) is 24.9 Å². The quantitative estimate of drug-likeness (QED) is 0.836. The lowest BCUT2D eigenvalue weighted by molar-refractivity contribution is -0.141. The topological polar surface area (TPSA) is 32.3 Å². The van der Waals surface area contributed by atoms with Crippen LogP contribution in [0.5, 0.6) is 0 Å². The summed E-state index contributed by atoms with van der Waals surface area (Å²) in [6, 6.07) is 1.49. The molecule has 1 aliphatic heterocycles. The number of hydrogen-bond acceptors (Lipinski definition) is 4. The minimum Gasteiger partial charge on any atom is -0.354 e. The molecule has 0 N–H and O–H groups in total. The number of rotatable bonds is 2. The lowest BCUT2D eigenvalue weighted by Crippen LogP contribution is -2.49. The maximum absolute atomic E-state index is 12.8. The number of piperazine rings is 1. The Balaban J connectivity index is 2.16. The molecule has 0 bridgehead atoms. The Morgan fingerprint density at radius 2 is 1.70 bits per heavy atom. The number of hydrogen-bond donors (Lipinski definition) is 0. The monoisotopic (exact) mass is 288 g/mol. The first-order valence-electron chi connectivity index (χ1n) is 6.69. The summed E-state index contributed by atoms with van der Waals surface area (Å²) >= 11 is 0. The summed E-state index contributed by atoms with van der Waals surface area (Å²) in [4.78, 5) is 11.8. The van der Waals surface area contributed by atoms with Crippen LogP contribution in [0.15, 0.2) is 6.07 Å². The molecule has 1 aliphatic rings. The molecule has 20 heavy (non-hydrogen) atoms. The number of alkyl halides is 3. The molecule has 2 rings (SSSR count). The molecule has 1 aromatic rings. The summed E-state index contributed by atoms with van der Waals surface area (Å²) < 4.78 is 38.3. The Hall–Kier alpha value is -1.37. The molecule has 0 aromatic carbocycles. The molecule has 1 aromatic heterocycles. The standard InChI is InChI=1S/C13H19F3N4/c1-9(2)19-4-6-20(7-5-19)12-8-11(13(14,15)16)17-10(3)18-12/h8-9H,4-7H2,1-3H3. The van der Waals surface area contributed by atoms with Crippen LogP contribution in [-0.2, 0) is 6.18 Å². The van der Waals surface area contributed by atoms with Crippen LogP contribution in [0.4, 0.5) is 19.0 Å². The van der Waals surface area contributed by atoms with Crippen LogP contribution in [0.1, 0.15) is 25.4 Å². The number of aryl methyl sites for hydroxylation is 1. The first-order chi connectivity index (χ1) is 9.27. The molecule has 7 heteroatoms. The van der Waals surface area contributed by atoms with Gasteiger partial charge in [0, 0.05) is 38.3 Å². The maximum atomic E-state index is 12.8. The molecule has 2 heterocycles. The van der Waals surface area contributed by atoms with Gasteiger partial charge >= 0.3 is 6.18 Å². The van der Waals surface area contributed by atoms with Gasteiger partial charge in [-0.3, -0.25) is 4.90 Å². The average molecular weight is 288 g/mol. The van der Waals surface area contributed by atoms with E-state index in [-0.39, 0.29) is 5.82 Å². The normalized spacial score (nSPS) is 17.9. The third-order valence-electron chi connectivity index (χ3n) is 3.48. The lowest BCUT2D eigenvalue weighted by atomic mass is 10.2. The van der Waals surface area contributed by atoms with Gasteiger partial charge < -0.3 is 4.90 Å². The summed E-state index contributed by atoms with van der Waals surface area (Å²) in [5.74, 6) is 0.523. The third kappa shape index (κ3) is 3.39. The van der Waals surface area contributed by atoms with Gasteiger partial charge in [0.1, 0.15) is 17.3 Å². The first kappa shape index (κ1) is 15.0. The van der Waals surface area contributed by atoms with Crippen molar-refractivity contribution in [2.24, 2.45) is 0 Å². The number of halogens is 3. The predicted molar refractivity (Wildman–Crippen MR) is 70.7 cm³/mol. The summed E-state index contributed by atoms with van der Waals surface area (Å²) in [5.41, 5.74) is -0.869. The van der Waals surface area contributed by atoms with Crippen LogP contribution < -0.4 is 4.90 Å². The Morgan fingerprint density at radius 1 is 1.10 bits per heavy atom. The van der Waals surface area contributed by atoms with Crippen LogP contribution in [0.2, 0.25) is 0 Å². The molecule has 0 atom stereocenters. The summed E-state index contributed by atoms with van der Waals surface area (Å²) in [5, 5.41) is 0. The van der Waals surface area contributed by atoms with Gasteiger partial charge in [-0.25, -0.2) is 9.97 Å². The molecule has 4 nitrogen and oxygen atoms in total. The number of anilines is 1. The molecule has 0 spiro atoms. The van der Waals surface area contributed by atoms with Gasteiger partial charge in [-0.1, -0.05) is 0 Å². The van der Waals surface area contributed by atoms with Gasteiger partial charge in [-0.2, -0.15) is 13.2 Å². The summed E-state index contributed by atoms with van der Waals surface area (Å²) in [6.45, 7) is 8.77. The zero-order valence-electron chi connectivity index (χ0n) is 11.9. The highest BCUT2D eigenvalue weighted by Crippen LogP contribution is 2.29. The molecule has 0 unspecified atom stereocenters. The second-order valence-electron chi connectivity index (χ2n) is 5.27. The highest BCUT2D eigenvalue weighted by Gasteiger charge is 2.34. The minimum absolute atomic E-state index is 0.154. The zero-order chi connectivity index (χ0) is 14.9. The number of nitrogens with zero attached hydrogens (tertiary/aromatic N) is 4. The van der Waals surface area contributed by atoms with Gasteiger partial charge in [-0.05, 0) is 20.8 Å². The molecule has 112 valence electrons. The molecule has 1 saturated heterocycles. The SMILES string of the molecule is Cc1nc(N2CCN(C(C)C)CC2)cc(C(F)(F)F)n1. The summed E-state index contributed by atoms with van der Waals surface area (Å²) in [7, 11) is 0. The number of aromatic nitrogens is 2. The van der Waals surface area contributed by atoms with Crippen molar-refractivity contribution < 1.29 is 13.2 Å². The minimum atomic E-state index is -4.43. The van der Waals surface area contributed by atoms with E-state index < -0.39 is 11.9 Å². The van der Waals surface area contributed by atoms with Crippen molar-refractivity contribution in [2.45, 2.75) is 33.0 Å². The largest absolute Gasteiger partial charge is 0.433 e. The van der Waals surface area contributed by atoms with Crippen LogP contribution in [-0.4, -0.2) is 47.1 Å². The van der Waals surface area contributed by atoms with Crippen LogP contribution in [0, 0.1) is 6.92 Å². The molecular formula is C13H19F3N4. The van der Waals surface area contributed by atoms with Crippen LogP contribution in [0.3, 0.4) is 0 Å². The van der Waals surface area contributed by atoms with E-state index in [1.807, 2.05) is 4.90 Å². The average Bonchev–Trinajstić information content (AvgIpc) is 2.37. The Morgan fingerprint density at radius 3 is 2.20 bits per heavy atom. The maximum Gasteiger partial charge on any atom is 0.433 e. The second kappa shape index (κ2) is 5.55. The molecule has 0 saturated carbocycles. The van der Waals surface area contributed by atoms with E-state index in [4.69, 9.17) is 0 Å². The molecule has 0 aliphatic carbocycles. The third-order valence-corrected chi connectivity index (χ3v) is 3.48. The van der Waals surface area contributed by atoms with E-state index in [1.165, 1.54) is 6.92 Å². The van der Waals surface area contributed by atoms with Gasteiger partial charge in [0.15, 0.2) is 0 Å². The zero-order valence-corrected chi connectivity index (χ0v) is 11.9. The van der Waals surface area contributed by atoms with Gasteiger partial charge in [0.2, 0.25) is 0 Å². The van der Waals surface area contributed by atoms with Crippen molar-refractivity contribution in [3.8, 4) is 0 Å². The molecule has 0 amide bonds. The van der Waals surface area contributed by atoms with Gasteiger partial charge in [-0.15, -0.1) is 0 Å². The first-order valence-corrected chi connectivity index (χ1v) is 6.69. The van der Waals surface area contributed by atoms with Crippen LogP contribution in [0.25, 0.3) is 0 Å². The van der Waals surface area contributed by atoms with E-state index in [2.05, 4.69) is 28.7 Å². The van der Waals surface area contributed by atoms with Crippen molar-refractivity contribution in [3.05, 3.63) is 17.6 Å². The fourth-order valence-electron chi connectivity index (χ4n) is 2.33. The Bertz CT molecular complexity index is 465. The smallest absolute Gasteiger partial charge is 0.354 e. The van der Waals surface area contributed by atoms with E-state index in [0.717, 1.165) is 19.2 Å².